The number of benzene rings is 1. The Balaban J connectivity index is 2.31. The fraction of sp³-hybridized carbons (Fsp3) is 0.364. The Morgan fingerprint density at radius 2 is 1.67 bits per heavy atom. The maximum absolute atomic E-state index is 12.6. The average Bonchev–Trinajstić information content (AvgIpc) is 2.98. The van der Waals surface area contributed by atoms with E-state index in [0.717, 1.165) is 0 Å². The van der Waals surface area contributed by atoms with Crippen LogP contribution in [0.15, 0.2) is 30.3 Å². The Hall–Kier alpha value is -1.32. The van der Waals surface area contributed by atoms with Crippen molar-refractivity contribution in [2.45, 2.75) is 19.0 Å². The van der Waals surface area contributed by atoms with E-state index in [9.17, 15) is 18.0 Å². The van der Waals surface area contributed by atoms with Crippen molar-refractivity contribution in [3.8, 4) is 0 Å². The first-order valence-corrected chi connectivity index (χ1v) is 4.64. The van der Waals surface area contributed by atoms with Crippen molar-refractivity contribution in [2.24, 2.45) is 5.41 Å². The molecule has 1 saturated carbocycles. The van der Waals surface area contributed by atoms with Gasteiger partial charge in [0, 0.05) is 5.56 Å². The summed E-state index contributed by atoms with van der Waals surface area (Å²) in [5.74, 6) is -0.796. The Kier molecular flexibility index (Phi) is 2.10. The number of ketones is 1. The van der Waals surface area contributed by atoms with Crippen LogP contribution < -0.4 is 0 Å². The molecule has 0 aromatic heterocycles. The third kappa shape index (κ3) is 1.54. The normalized spacial score (nSPS) is 18.6. The molecule has 0 heterocycles. The molecule has 0 N–H and O–H groups in total. The van der Waals surface area contributed by atoms with Crippen LogP contribution in [-0.2, 0) is 0 Å². The molecule has 0 saturated heterocycles. The summed E-state index contributed by atoms with van der Waals surface area (Å²) in [7, 11) is 0. The molecule has 0 amide bonds. The number of hydrogen-bond donors (Lipinski definition) is 0. The molecule has 15 heavy (non-hydrogen) atoms. The highest BCUT2D eigenvalue weighted by molar-refractivity contribution is 6.02. The Labute approximate surface area is 84.9 Å². The van der Waals surface area contributed by atoms with E-state index in [1.165, 1.54) is 12.1 Å². The number of carbonyl (C=O) groups is 1. The summed E-state index contributed by atoms with van der Waals surface area (Å²) in [6, 6.07) is 7.66. The minimum absolute atomic E-state index is 0.0791. The minimum Gasteiger partial charge on any atom is -0.293 e. The van der Waals surface area contributed by atoms with Gasteiger partial charge in [0.05, 0.1) is 0 Å². The van der Waals surface area contributed by atoms with E-state index >= 15 is 0 Å². The number of hydrogen-bond acceptors (Lipinski definition) is 1. The maximum Gasteiger partial charge on any atom is 0.401 e. The lowest BCUT2D eigenvalue weighted by Gasteiger charge is -2.17. The van der Waals surface area contributed by atoms with E-state index in [4.69, 9.17) is 0 Å². The smallest absolute Gasteiger partial charge is 0.293 e. The van der Waals surface area contributed by atoms with Gasteiger partial charge in [-0.05, 0) is 12.8 Å². The van der Waals surface area contributed by atoms with Crippen LogP contribution in [0.5, 0.6) is 0 Å². The summed E-state index contributed by atoms with van der Waals surface area (Å²) in [5, 5.41) is 0. The fourth-order valence-electron chi connectivity index (χ4n) is 1.63. The highest BCUT2D eigenvalue weighted by atomic mass is 19.4. The molecule has 2 rings (SSSR count). The van der Waals surface area contributed by atoms with Crippen LogP contribution in [0.4, 0.5) is 13.2 Å². The molecule has 80 valence electrons. The van der Waals surface area contributed by atoms with Crippen molar-refractivity contribution in [1.82, 2.24) is 0 Å². The van der Waals surface area contributed by atoms with E-state index in [1.807, 2.05) is 0 Å². The standard InChI is InChI=1S/C11H9F3O/c12-11(13,14)10(6-7-10)9(15)8-4-2-1-3-5-8/h1-5H,6-7H2. The van der Waals surface area contributed by atoms with Gasteiger partial charge in [-0.2, -0.15) is 13.2 Å². The second-order valence-corrected chi connectivity index (χ2v) is 3.78. The zero-order valence-electron chi connectivity index (χ0n) is 7.84. The van der Waals surface area contributed by atoms with Gasteiger partial charge in [-0.3, -0.25) is 4.79 Å². The minimum atomic E-state index is -4.42. The Morgan fingerprint density at radius 1 is 1.13 bits per heavy atom. The summed E-state index contributed by atoms with van der Waals surface area (Å²) in [4.78, 5) is 11.7. The van der Waals surface area contributed by atoms with Crippen LogP contribution in [0.25, 0.3) is 0 Å². The molecule has 0 radical (unpaired) electrons. The first kappa shape index (κ1) is 10.2. The lowest BCUT2D eigenvalue weighted by atomic mass is 9.94. The summed E-state index contributed by atoms with van der Waals surface area (Å²) in [6.07, 6.45) is -4.58. The Bertz CT molecular complexity index is 377. The second-order valence-electron chi connectivity index (χ2n) is 3.78. The first-order chi connectivity index (χ1) is 6.97. The van der Waals surface area contributed by atoms with E-state index in [-0.39, 0.29) is 18.4 Å². The van der Waals surface area contributed by atoms with E-state index in [1.54, 1.807) is 18.2 Å². The van der Waals surface area contributed by atoms with E-state index in [2.05, 4.69) is 0 Å². The van der Waals surface area contributed by atoms with E-state index in [0.29, 0.717) is 0 Å². The SMILES string of the molecule is O=C(c1ccccc1)C1(C(F)(F)F)CC1. The van der Waals surface area contributed by atoms with Gasteiger partial charge in [0.15, 0.2) is 5.78 Å². The van der Waals surface area contributed by atoms with Crippen molar-refractivity contribution in [3.63, 3.8) is 0 Å². The van der Waals surface area contributed by atoms with Gasteiger partial charge < -0.3 is 0 Å². The lowest BCUT2D eigenvalue weighted by molar-refractivity contribution is -0.171. The van der Waals surface area contributed by atoms with Crippen molar-refractivity contribution < 1.29 is 18.0 Å². The van der Waals surface area contributed by atoms with Crippen LogP contribution in [0.3, 0.4) is 0 Å². The topological polar surface area (TPSA) is 17.1 Å². The molecular formula is C11H9F3O. The maximum atomic E-state index is 12.6. The summed E-state index contributed by atoms with van der Waals surface area (Å²) >= 11 is 0. The van der Waals surface area contributed by atoms with Crippen molar-refractivity contribution in [2.75, 3.05) is 0 Å². The van der Waals surface area contributed by atoms with Crippen molar-refractivity contribution in [1.29, 1.82) is 0 Å². The molecule has 1 fully saturated rings. The molecule has 4 heteroatoms. The van der Waals surface area contributed by atoms with Crippen LogP contribution in [0.2, 0.25) is 0 Å². The van der Waals surface area contributed by atoms with Gasteiger partial charge in [-0.1, -0.05) is 30.3 Å². The average molecular weight is 214 g/mol. The predicted molar refractivity (Wildman–Crippen MR) is 48.5 cm³/mol. The number of Topliss-reactive ketones (excluding diaryl/α,β-unsaturated/α-hetero) is 1. The summed E-state index contributed by atoms with van der Waals surface area (Å²) < 4.78 is 37.8. The van der Waals surface area contributed by atoms with Gasteiger partial charge in [0.2, 0.25) is 0 Å². The predicted octanol–water partition coefficient (Wildman–Crippen LogP) is 3.21. The molecule has 0 atom stereocenters. The number of halogens is 3. The van der Waals surface area contributed by atoms with Gasteiger partial charge in [0.1, 0.15) is 5.41 Å². The zero-order chi connectivity index (χ0) is 11.1. The summed E-state index contributed by atoms with van der Waals surface area (Å²) in [5.41, 5.74) is -1.94. The molecule has 1 aliphatic rings. The van der Waals surface area contributed by atoms with Gasteiger partial charge in [-0.25, -0.2) is 0 Å². The molecular weight excluding hydrogens is 205 g/mol. The monoisotopic (exact) mass is 214 g/mol. The molecule has 0 spiro atoms. The molecule has 0 aliphatic heterocycles. The second kappa shape index (κ2) is 3.08. The van der Waals surface area contributed by atoms with Crippen LogP contribution >= 0.6 is 0 Å². The first-order valence-electron chi connectivity index (χ1n) is 4.64. The molecule has 0 bridgehead atoms. The quantitative estimate of drug-likeness (QED) is 0.691. The highest BCUT2D eigenvalue weighted by Gasteiger charge is 2.68. The third-order valence-electron chi connectivity index (χ3n) is 2.76. The molecule has 1 aliphatic carbocycles. The Morgan fingerprint density at radius 3 is 2.07 bits per heavy atom. The van der Waals surface area contributed by atoms with Gasteiger partial charge >= 0.3 is 6.18 Å². The number of carbonyl (C=O) groups excluding carboxylic acids is 1. The van der Waals surface area contributed by atoms with Crippen LogP contribution in [0, 0.1) is 5.41 Å². The van der Waals surface area contributed by atoms with Gasteiger partial charge in [0.25, 0.3) is 0 Å². The van der Waals surface area contributed by atoms with Crippen LogP contribution in [-0.4, -0.2) is 12.0 Å². The third-order valence-corrected chi connectivity index (χ3v) is 2.76. The number of alkyl halides is 3. The molecule has 0 unspecified atom stereocenters. The summed E-state index contributed by atoms with van der Waals surface area (Å²) in [6.45, 7) is 0. The lowest BCUT2D eigenvalue weighted by Crippen LogP contribution is -2.32. The van der Waals surface area contributed by atoms with Crippen molar-refractivity contribution in [3.05, 3.63) is 35.9 Å². The van der Waals surface area contributed by atoms with Gasteiger partial charge in [-0.15, -0.1) is 0 Å². The number of rotatable bonds is 2. The van der Waals surface area contributed by atoms with E-state index < -0.39 is 17.4 Å². The van der Waals surface area contributed by atoms with Crippen molar-refractivity contribution >= 4 is 5.78 Å². The zero-order valence-corrected chi connectivity index (χ0v) is 7.84. The molecule has 1 aromatic carbocycles. The molecule has 1 aromatic rings. The largest absolute Gasteiger partial charge is 0.401 e. The highest BCUT2D eigenvalue weighted by Crippen LogP contribution is 2.59. The molecule has 1 nitrogen and oxygen atoms in total. The fourth-order valence-corrected chi connectivity index (χ4v) is 1.63. The van der Waals surface area contributed by atoms with Crippen LogP contribution in [0.1, 0.15) is 23.2 Å².